The second kappa shape index (κ2) is 8.68. The van der Waals surface area contributed by atoms with Crippen LogP contribution in [0.5, 0.6) is 0 Å². The molecule has 1 aliphatic rings. The number of thiazole rings is 1. The monoisotopic (exact) mass is 457 g/mol. The molecule has 0 aliphatic heterocycles. The molecule has 1 amide bonds. The highest BCUT2D eigenvalue weighted by molar-refractivity contribution is 7.89. The first-order valence-corrected chi connectivity index (χ1v) is 12.8. The van der Waals surface area contributed by atoms with Crippen LogP contribution < -0.4 is 5.32 Å². The number of carbonyl (C=O) groups excluding carboxylic acids is 1. The van der Waals surface area contributed by atoms with Gasteiger partial charge in [-0.3, -0.25) is 10.1 Å². The van der Waals surface area contributed by atoms with E-state index in [1.54, 1.807) is 19.2 Å². The summed E-state index contributed by atoms with van der Waals surface area (Å²) in [6, 6.07) is 10.3. The Hall–Kier alpha value is -2.29. The van der Waals surface area contributed by atoms with Crippen molar-refractivity contribution in [2.75, 3.05) is 12.4 Å². The number of sulfonamides is 1. The predicted octanol–water partition coefficient (Wildman–Crippen LogP) is 5.12. The summed E-state index contributed by atoms with van der Waals surface area (Å²) in [6.07, 6.45) is 5.10. The Morgan fingerprint density at radius 3 is 2.45 bits per heavy atom. The van der Waals surface area contributed by atoms with Crippen LogP contribution in [-0.2, 0) is 10.0 Å². The van der Waals surface area contributed by atoms with E-state index in [1.165, 1.54) is 34.2 Å². The molecule has 164 valence electrons. The van der Waals surface area contributed by atoms with Crippen molar-refractivity contribution in [2.24, 2.45) is 0 Å². The maximum absolute atomic E-state index is 13.0. The molecule has 4 rings (SSSR count). The summed E-state index contributed by atoms with van der Waals surface area (Å²) in [6.45, 7) is 4.05. The highest BCUT2D eigenvalue weighted by Crippen LogP contribution is 2.30. The van der Waals surface area contributed by atoms with Crippen molar-refractivity contribution in [3.8, 4) is 0 Å². The number of nitrogens with one attached hydrogen (secondary N) is 1. The van der Waals surface area contributed by atoms with E-state index in [2.05, 4.69) is 16.4 Å². The number of hydrogen-bond donors (Lipinski definition) is 1. The Morgan fingerprint density at radius 1 is 1.10 bits per heavy atom. The van der Waals surface area contributed by atoms with Crippen molar-refractivity contribution in [2.45, 2.75) is 56.9 Å². The van der Waals surface area contributed by atoms with Crippen LogP contribution in [0, 0.1) is 13.8 Å². The Morgan fingerprint density at radius 2 is 1.77 bits per heavy atom. The molecular weight excluding hydrogens is 430 g/mol. The molecule has 8 heteroatoms. The number of aromatic nitrogens is 1. The van der Waals surface area contributed by atoms with Crippen molar-refractivity contribution in [3.05, 3.63) is 53.1 Å². The first-order valence-electron chi connectivity index (χ1n) is 10.5. The predicted molar refractivity (Wildman–Crippen MR) is 125 cm³/mol. The van der Waals surface area contributed by atoms with Crippen LogP contribution in [0.2, 0.25) is 0 Å². The second-order valence-electron chi connectivity index (χ2n) is 8.24. The Balaban J connectivity index is 1.50. The van der Waals surface area contributed by atoms with E-state index >= 15 is 0 Å². The fourth-order valence-corrected chi connectivity index (χ4v) is 6.51. The molecule has 0 saturated heterocycles. The van der Waals surface area contributed by atoms with E-state index in [4.69, 9.17) is 0 Å². The fraction of sp³-hybridized carbons (Fsp3) is 0.391. The molecule has 6 nitrogen and oxygen atoms in total. The lowest BCUT2D eigenvalue weighted by Gasteiger charge is -2.30. The molecule has 0 unspecified atom stereocenters. The summed E-state index contributed by atoms with van der Waals surface area (Å²) in [7, 11) is -1.92. The van der Waals surface area contributed by atoms with E-state index < -0.39 is 10.0 Å². The van der Waals surface area contributed by atoms with Gasteiger partial charge in [0.05, 0.1) is 15.1 Å². The largest absolute Gasteiger partial charge is 0.298 e. The van der Waals surface area contributed by atoms with E-state index in [0.717, 1.165) is 47.0 Å². The number of aryl methyl sites for hydroxylation is 2. The molecule has 1 saturated carbocycles. The minimum absolute atomic E-state index is 0.0489. The van der Waals surface area contributed by atoms with Gasteiger partial charge >= 0.3 is 0 Å². The van der Waals surface area contributed by atoms with Gasteiger partial charge in [0.25, 0.3) is 5.91 Å². The van der Waals surface area contributed by atoms with Crippen molar-refractivity contribution < 1.29 is 13.2 Å². The van der Waals surface area contributed by atoms with Crippen LogP contribution in [0.15, 0.2) is 41.3 Å². The van der Waals surface area contributed by atoms with Crippen molar-refractivity contribution in [3.63, 3.8) is 0 Å². The molecule has 3 aromatic rings. The molecule has 1 fully saturated rings. The Labute approximate surface area is 187 Å². The number of nitrogens with zero attached hydrogens (tertiary/aromatic N) is 2. The third-order valence-electron chi connectivity index (χ3n) is 5.92. The van der Waals surface area contributed by atoms with Crippen LogP contribution in [0.25, 0.3) is 10.2 Å². The molecule has 1 aliphatic carbocycles. The maximum Gasteiger partial charge on any atom is 0.257 e. The van der Waals surface area contributed by atoms with Gasteiger partial charge in [-0.05, 0) is 68.1 Å². The summed E-state index contributed by atoms with van der Waals surface area (Å²) in [5.41, 5.74) is 3.52. The number of rotatable bonds is 5. The van der Waals surface area contributed by atoms with Crippen LogP contribution in [-0.4, -0.2) is 36.7 Å². The maximum atomic E-state index is 13.0. The first kappa shape index (κ1) is 21.9. The number of fused-ring (bicyclic) bond motifs is 1. The summed E-state index contributed by atoms with van der Waals surface area (Å²) in [5.74, 6) is -0.307. The number of carbonyl (C=O) groups is 1. The van der Waals surface area contributed by atoms with Crippen LogP contribution in [0.4, 0.5) is 5.13 Å². The Bertz CT molecular complexity index is 1210. The zero-order chi connectivity index (χ0) is 22.2. The molecule has 0 spiro atoms. The highest BCUT2D eigenvalue weighted by Gasteiger charge is 2.29. The minimum Gasteiger partial charge on any atom is -0.298 e. The van der Waals surface area contributed by atoms with Gasteiger partial charge in [-0.1, -0.05) is 36.7 Å². The highest BCUT2D eigenvalue weighted by atomic mass is 32.2. The quantitative estimate of drug-likeness (QED) is 0.577. The van der Waals surface area contributed by atoms with E-state index in [0.29, 0.717) is 10.7 Å². The van der Waals surface area contributed by atoms with Gasteiger partial charge in [-0.15, -0.1) is 0 Å². The lowest BCUT2D eigenvalue weighted by molar-refractivity contribution is 0.102. The third kappa shape index (κ3) is 4.51. The van der Waals surface area contributed by atoms with Gasteiger partial charge in [0.2, 0.25) is 10.0 Å². The zero-order valence-electron chi connectivity index (χ0n) is 18.0. The second-order valence-corrected chi connectivity index (χ2v) is 11.2. The lowest BCUT2D eigenvalue weighted by Crippen LogP contribution is -2.38. The molecule has 31 heavy (non-hydrogen) atoms. The number of hydrogen-bond acceptors (Lipinski definition) is 5. The number of benzene rings is 2. The average molecular weight is 458 g/mol. The molecule has 1 N–H and O–H groups in total. The SMILES string of the molecule is Cc1cc(C)c2sc(NC(=O)c3ccc(S(=O)(=O)N(C)C4CCCCC4)cc3)nc2c1. The van der Waals surface area contributed by atoms with Crippen molar-refractivity contribution in [1.29, 1.82) is 0 Å². The van der Waals surface area contributed by atoms with E-state index in [1.807, 2.05) is 19.9 Å². The topological polar surface area (TPSA) is 79.4 Å². The van der Waals surface area contributed by atoms with Gasteiger partial charge in [0.1, 0.15) is 0 Å². The van der Waals surface area contributed by atoms with Crippen molar-refractivity contribution in [1.82, 2.24) is 9.29 Å². The average Bonchev–Trinajstić information content (AvgIpc) is 3.16. The van der Waals surface area contributed by atoms with Crippen LogP contribution >= 0.6 is 11.3 Å². The lowest BCUT2D eigenvalue weighted by atomic mass is 9.96. The Kier molecular flexibility index (Phi) is 6.14. The van der Waals surface area contributed by atoms with Crippen LogP contribution in [0.3, 0.4) is 0 Å². The molecule has 0 atom stereocenters. The van der Waals surface area contributed by atoms with E-state index in [-0.39, 0.29) is 16.8 Å². The van der Waals surface area contributed by atoms with Gasteiger partial charge in [0, 0.05) is 18.7 Å². The van der Waals surface area contributed by atoms with Gasteiger partial charge in [0.15, 0.2) is 5.13 Å². The molecule has 0 bridgehead atoms. The summed E-state index contributed by atoms with van der Waals surface area (Å²) < 4.78 is 28.5. The standard InChI is InChI=1S/C23H27N3O3S2/c1-15-13-16(2)21-20(14-15)24-23(30-21)25-22(27)17-9-11-19(12-10-17)31(28,29)26(3)18-7-5-4-6-8-18/h9-14,18H,4-8H2,1-3H3,(H,24,25,27). The molecule has 1 aromatic heterocycles. The smallest absolute Gasteiger partial charge is 0.257 e. The minimum atomic E-state index is -3.57. The molecular formula is C23H27N3O3S2. The molecule has 2 aromatic carbocycles. The van der Waals surface area contributed by atoms with E-state index in [9.17, 15) is 13.2 Å². The summed E-state index contributed by atoms with van der Waals surface area (Å²) in [5, 5.41) is 3.37. The normalized spacial score (nSPS) is 15.5. The summed E-state index contributed by atoms with van der Waals surface area (Å²) in [4.78, 5) is 17.4. The molecule has 1 heterocycles. The third-order valence-corrected chi connectivity index (χ3v) is 8.97. The van der Waals surface area contributed by atoms with Gasteiger partial charge < -0.3 is 0 Å². The molecule has 0 radical (unpaired) electrons. The van der Waals surface area contributed by atoms with Crippen LogP contribution in [0.1, 0.15) is 53.6 Å². The number of anilines is 1. The fourth-order valence-electron chi connectivity index (χ4n) is 4.18. The number of amides is 1. The zero-order valence-corrected chi connectivity index (χ0v) is 19.6. The van der Waals surface area contributed by atoms with Gasteiger partial charge in [-0.25, -0.2) is 13.4 Å². The van der Waals surface area contributed by atoms with Crippen molar-refractivity contribution >= 4 is 42.6 Å². The first-order chi connectivity index (χ1) is 14.8. The summed E-state index contributed by atoms with van der Waals surface area (Å²) >= 11 is 1.44. The van der Waals surface area contributed by atoms with Gasteiger partial charge in [-0.2, -0.15) is 4.31 Å².